The van der Waals surface area contributed by atoms with Crippen molar-refractivity contribution in [2.45, 2.75) is 38.1 Å². The van der Waals surface area contributed by atoms with Gasteiger partial charge in [-0.2, -0.15) is 0 Å². The SMILES string of the molecule is O=C(C[C@@H]1C=CCC1)N1CCC[C@@H]1c1nc2ccccc2s1. The van der Waals surface area contributed by atoms with Gasteiger partial charge in [-0.1, -0.05) is 24.3 Å². The maximum Gasteiger partial charge on any atom is 0.223 e. The van der Waals surface area contributed by atoms with Crippen molar-refractivity contribution in [2.24, 2.45) is 5.92 Å². The molecule has 114 valence electrons. The second-order valence-electron chi connectivity index (χ2n) is 6.23. The molecule has 1 aromatic carbocycles. The number of fused-ring (bicyclic) bond motifs is 1. The lowest BCUT2D eigenvalue weighted by atomic mass is 10.0. The van der Waals surface area contributed by atoms with Gasteiger partial charge < -0.3 is 4.90 Å². The summed E-state index contributed by atoms with van der Waals surface area (Å²) in [6.45, 7) is 0.885. The molecule has 0 unspecified atom stereocenters. The Morgan fingerprint density at radius 2 is 2.23 bits per heavy atom. The Morgan fingerprint density at radius 1 is 1.32 bits per heavy atom. The van der Waals surface area contributed by atoms with Crippen LogP contribution >= 0.6 is 11.3 Å². The van der Waals surface area contributed by atoms with E-state index in [0.29, 0.717) is 18.2 Å². The molecule has 1 aromatic heterocycles. The van der Waals surface area contributed by atoms with Crippen LogP contribution in [0.3, 0.4) is 0 Å². The van der Waals surface area contributed by atoms with Gasteiger partial charge in [0, 0.05) is 13.0 Å². The first-order valence-corrected chi connectivity index (χ1v) is 8.94. The summed E-state index contributed by atoms with van der Waals surface area (Å²) < 4.78 is 1.22. The molecule has 0 saturated carbocycles. The minimum Gasteiger partial charge on any atom is -0.333 e. The normalized spacial score (nSPS) is 24.5. The maximum absolute atomic E-state index is 12.7. The fraction of sp³-hybridized carbons (Fsp3) is 0.444. The molecule has 0 N–H and O–H groups in total. The van der Waals surface area contributed by atoms with E-state index in [9.17, 15) is 4.79 Å². The monoisotopic (exact) mass is 312 g/mol. The maximum atomic E-state index is 12.7. The predicted molar refractivity (Wildman–Crippen MR) is 89.8 cm³/mol. The predicted octanol–water partition coefficient (Wildman–Crippen LogP) is 4.32. The van der Waals surface area contributed by atoms with Gasteiger partial charge in [-0.25, -0.2) is 4.98 Å². The summed E-state index contributed by atoms with van der Waals surface area (Å²) >= 11 is 1.74. The smallest absolute Gasteiger partial charge is 0.223 e. The van der Waals surface area contributed by atoms with Crippen LogP contribution < -0.4 is 0 Å². The topological polar surface area (TPSA) is 33.2 Å². The van der Waals surface area contributed by atoms with Gasteiger partial charge in [0.1, 0.15) is 5.01 Å². The molecular formula is C18H20N2OS. The fourth-order valence-electron chi connectivity index (χ4n) is 3.56. The standard InChI is InChI=1S/C18H20N2OS/c21-17(12-13-6-1-2-7-13)20-11-5-9-15(20)18-19-14-8-3-4-10-16(14)22-18/h1,3-4,6,8,10,13,15H,2,5,7,9,11-12H2/t13-,15-/m1/s1. The number of carbonyl (C=O) groups excluding carboxylic acids is 1. The van der Waals surface area contributed by atoms with Crippen LogP contribution in [0.25, 0.3) is 10.2 Å². The van der Waals surface area contributed by atoms with Gasteiger partial charge in [0.25, 0.3) is 0 Å². The minimum absolute atomic E-state index is 0.190. The first-order chi connectivity index (χ1) is 10.8. The summed E-state index contributed by atoms with van der Waals surface area (Å²) in [5.41, 5.74) is 1.06. The molecule has 0 bridgehead atoms. The van der Waals surface area contributed by atoms with Crippen molar-refractivity contribution in [2.75, 3.05) is 6.54 Å². The summed E-state index contributed by atoms with van der Waals surface area (Å²) in [5, 5.41) is 1.11. The van der Waals surface area contributed by atoms with E-state index in [1.807, 2.05) is 12.1 Å². The Balaban J connectivity index is 1.54. The third-order valence-corrected chi connectivity index (χ3v) is 5.86. The van der Waals surface area contributed by atoms with Gasteiger partial charge in [0.15, 0.2) is 0 Å². The third-order valence-electron chi connectivity index (χ3n) is 4.72. The van der Waals surface area contributed by atoms with Gasteiger partial charge >= 0.3 is 0 Å². The van der Waals surface area contributed by atoms with Crippen LogP contribution in [0.4, 0.5) is 0 Å². The van der Waals surface area contributed by atoms with Crippen molar-refractivity contribution < 1.29 is 4.79 Å². The molecule has 2 aliphatic rings. The van der Waals surface area contributed by atoms with Gasteiger partial charge in [0.05, 0.1) is 16.3 Å². The van der Waals surface area contributed by atoms with E-state index in [1.165, 1.54) is 4.70 Å². The van der Waals surface area contributed by atoms with Gasteiger partial charge in [-0.05, 0) is 43.7 Å². The Bertz CT molecular complexity index is 688. The molecule has 4 heteroatoms. The van der Waals surface area contributed by atoms with Crippen molar-refractivity contribution in [3.63, 3.8) is 0 Å². The number of hydrogen-bond acceptors (Lipinski definition) is 3. The highest BCUT2D eigenvalue weighted by Gasteiger charge is 2.32. The van der Waals surface area contributed by atoms with Crippen molar-refractivity contribution in [1.82, 2.24) is 9.88 Å². The number of aromatic nitrogens is 1. The summed E-state index contributed by atoms with van der Waals surface area (Å²) in [6, 6.07) is 8.43. The Morgan fingerprint density at radius 3 is 3.05 bits per heavy atom. The van der Waals surface area contributed by atoms with E-state index < -0.39 is 0 Å². The van der Waals surface area contributed by atoms with Gasteiger partial charge in [0.2, 0.25) is 5.91 Å². The highest BCUT2D eigenvalue weighted by atomic mass is 32.1. The molecule has 0 radical (unpaired) electrons. The van der Waals surface area contributed by atoms with E-state index in [-0.39, 0.29) is 6.04 Å². The van der Waals surface area contributed by atoms with Crippen molar-refractivity contribution in [3.05, 3.63) is 41.4 Å². The first kappa shape index (κ1) is 13.9. The van der Waals surface area contributed by atoms with Crippen LogP contribution in [0.5, 0.6) is 0 Å². The van der Waals surface area contributed by atoms with E-state index >= 15 is 0 Å². The Labute approximate surface area is 134 Å². The van der Waals surface area contributed by atoms with E-state index in [1.54, 1.807) is 11.3 Å². The lowest BCUT2D eigenvalue weighted by Gasteiger charge is -2.24. The molecule has 1 saturated heterocycles. The lowest BCUT2D eigenvalue weighted by molar-refractivity contribution is -0.132. The fourth-order valence-corrected chi connectivity index (χ4v) is 4.68. The molecule has 0 spiro atoms. The molecule has 3 nitrogen and oxygen atoms in total. The van der Waals surface area contributed by atoms with E-state index in [4.69, 9.17) is 4.98 Å². The number of para-hydroxylation sites is 1. The number of nitrogens with zero attached hydrogens (tertiary/aromatic N) is 2. The number of carbonyl (C=O) groups is 1. The zero-order chi connectivity index (χ0) is 14.9. The molecule has 2 atom stereocenters. The van der Waals surface area contributed by atoms with Gasteiger partial charge in [-0.3, -0.25) is 4.79 Å². The largest absolute Gasteiger partial charge is 0.333 e. The number of benzene rings is 1. The van der Waals surface area contributed by atoms with Crippen LogP contribution in [-0.4, -0.2) is 22.3 Å². The molecule has 1 aliphatic heterocycles. The molecule has 1 amide bonds. The minimum atomic E-state index is 0.190. The summed E-state index contributed by atoms with van der Waals surface area (Å²) in [6.07, 6.45) is 9.47. The van der Waals surface area contributed by atoms with Crippen LogP contribution in [0, 0.1) is 5.92 Å². The average molecular weight is 312 g/mol. The molecule has 1 fully saturated rings. The number of likely N-dealkylation sites (tertiary alicyclic amines) is 1. The number of amides is 1. The number of rotatable bonds is 3. The second kappa shape index (κ2) is 5.84. The van der Waals surface area contributed by atoms with Crippen molar-refractivity contribution in [1.29, 1.82) is 0 Å². The molecule has 2 aromatic rings. The van der Waals surface area contributed by atoms with E-state index in [0.717, 1.165) is 42.8 Å². The Kier molecular flexibility index (Phi) is 3.70. The van der Waals surface area contributed by atoms with Crippen LogP contribution in [-0.2, 0) is 4.79 Å². The van der Waals surface area contributed by atoms with E-state index in [2.05, 4.69) is 29.2 Å². The molecule has 22 heavy (non-hydrogen) atoms. The Hall–Kier alpha value is -1.68. The number of allylic oxidation sites excluding steroid dienone is 2. The second-order valence-corrected chi connectivity index (χ2v) is 7.30. The van der Waals surface area contributed by atoms with Crippen LogP contribution in [0.1, 0.15) is 43.2 Å². The molecular weight excluding hydrogens is 292 g/mol. The summed E-state index contributed by atoms with van der Waals surface area (Å²) in [5.74, 6) is 0.752. The van der Waals surface area contributed by atoms with Crippen LogP contribution in [0.15, 0.2) is 36.4 Å². The zero-order valence-corrected chi connectivity index (χ0v) is 13.4. The molecule has 2 heterocycles. The first-order valence-electron chi connectivity index (χ1n) is 8.13. The molecule has 4 rings (SSSR count). The molecule has 1 aliphatic carbocycles. The number of hydrogen-bond donors (Lipinski definition) is 0. The zero-order valence-electron chi connectivity index (χ0n) is 12.6. The third kappa shape index (κ3) is 2.56. The summed E-state index contributed by atoms with van der Waals surface area (Å²) in [7, 11) is 0. The average Bonchev–Trinajstić information content (AvgIpc) is 3.26. The van der Waals surface area contributed by atoms with Crippen molar-refractivity contribution >= 4 is 27.5 Å². The van der Waals surface area contributed by atoms with Crippen molar-refractivity contribution in [3.8, 4) is 0 Å². The quantitative estimate of drug-likeness (QED) is 0.791. The van der Waals surface area contributed by atoms with Gasteiger partial charge in [-0.15, -0.1) is 11.3 Å². The lowest BCUT2D eigenvalue weighted by Crippen LogP contribution is -2.31. The summed E-state index contributed by atoms with van der Waals surface area (Å²) in [4.78, 5) is 19.5. The highest BCUT2D eigenvalue weighted by Crippen LogP contribution is 2.37. The van der Waals surface area contributed by atoms with Crippen LogP contribution in [0.2, 0.25) is 0 Å². The number of thiazole rings is 1. The highest BCUT2D eigenvalue weighted by molar-refractivity contribution is 7.18.